The minimum absolute atomic E-state index is 0.556. The lowest BCUT2D eigenvalue weighted by Crippen LogP contribution is -2.36. The second kappa shape index (κ2) is 5.86. The van der Waals surface area contributed by atoms with E-state index in [1.807, 2.05) is 37.3 Å². The molecule has 132 valence electrons. The van der Waals surface area contributed by atoms with Gasteiger partial charge in [-0.1, -0.05) is 70.5 Å². The minimum Gasteiger partial charge on any atom is -0.457 e. The van der Waals surface area contributed by atoms with Crippen molar-refractivity contribution in [1.29, 1.82) is 0 Å². The smallest absolute Gasteiger partial charge is 0.132 e. The van der Waals surface area contributed by atoms with Gasteiger partial charge in [0.05, 0.1) is 5.41 Å². The molecule has 0 saturated heterocycles. The lowest BCUT2D eigenvalue weighted by atomic mass is 9.67. The number of allylic oxidation sites excluding steroid dienone is 4. The second-order valence-electron chi connectivity index (χ2n) is 6.86. The Hall–Kier alpha value is -2.78. The van der Waals surface area contributed by atoms with E-state index in [9.17, 15) is 0 Å². The molecule has 0 radical (unpaired) electrons. The number of rotatable bonds is 1. The van der Waals surface area contributed by atoms with E-state index in [0.29, 0.717) is 0 Å². The molecule has 0 bridgehead atoms. The van der Waals surface area contributed by atoms with Gasteiger partial charge in [-0.2, -0.15) is 0 Å². The van der Waals surface area contributed by atoms with Crippen LogP contribution in [0.2, 0.25) is 0 Å². The van der Waals surface area contributed by atoms with Crippen molar-refractivity contribution < 1.29 is 4.74 Å². The zero-order valence-electron chi connectivity index (χ0n) is 14.9. The van der Waals surface area contributed by atoms with Crippen LogP contribution in [0.3, 0.4) is 0 Å². The van der Waals surface area contributed by atoms with Gasteiger partial charge in [-0.25, -0.2) is 0 Å². The Morgan fingerprint density at radius 2 is 1.52 bits per heavy atom. The van der Waals surface area contributed by atoms with Crippen LogP contribution in [0.4, 0.5) is 0 Å². The Labute approximate surface area is 167 Å². The Bertz CT molecular complexity index is 1100. The van der Waals surface area contributed by atoms with Gasteiger partial charge in [-0.05, 0) is 42.3 Å². The van der Waals surface area contributed by atoms with Crippen molar-refractivity contribution in [2.45, 2.75) is 12.3 Å². The van der Waals surface area contributed by atoms with Crippen molar-refractivity contribution in [3.05, 3.63) is 111 Å². The number of para-hydroxylation sites is 2. The zero-order valence-corrected chi connectivity index (χ0v) is 16.5. The third-order valence-electron chi connectivity index (χ3n) is 5.51. The SMILES string of the molecule is C/C=C\C1=C(N)C2(c3ccccc3Oc3ccccc32)c2cc(Br)ccc21. The summed E-state index contributed by atoms with van der Waals surface area (Å²) in [6.07, 6.45) is 4.15. The maximum absolute atomic E-state index is 6.96. The molecule has 0 aromatic heterocycles. The summed E-state index contributed by atoms with van der Waals surface area (Å²) in [5, 5.41) is 0. The highest BCUT2D eigenvalue weighted by Crippen LogP contribution is 2.59. The quantitative estimate of drug-likeness (QED) is 0.517. The second-order valence-corrected chi connectivity index (χ2v) is 7.78. The van der Waals surface area contributed by atoms with Gasteiger partial charge < -0.3 is 10.5 Å². The van der Waals surface area contributed by atoms with Crippen LogP contribution in [-0.4, -0.2) is 0 Å². The van der Waals surface area contributed by atoms with Gasteiger partial charge in [-0.3, -0.25) is 0 Å². The molecule has 0 fully saturated rings. The summed E-state index contributed by atoms with van der Waals surface area (Å²) in [6.45, 7) is 2.02. The average Bonchev–Trinajstić information content (AvgIpc) is 2.92. The number of hydrogen-bond donors (Lipinski definition) is 1. The van der Waals surface area contributed by atoms with E-state index in [4.69, 9.17) is 10.5 Å². The first kappa shape index (κ1) is 16.4. The molecule has 2 aliphatic rings. The molecule has 0 saturated carbocycles. The third kappa shape index (κ3) is 2.06. The molecular weight excluding hydrogens is 398 g/mol. The van der Waals surface area contributed by atoms with Crippen LogP contribution in [0, 0.1) is 0 Å². The summed E-state index contributed by atoms with van der Waals surface area (Å²) in [4.78, 5) is 0. The lowest BCUT2D eigenvalue weighted by Gasteiger charge is -2.39. The number of ether oxygens (including phenoxy) is 1. The predicted molar refractivity (Wildman–Crippen MR) is 113 cm³/mol. The van der Waals surface area contributed by atoms with E-state index in [0.717, 1.165) is 38.4 Å². The van der Waals surface area contributed by atoms with E-state index in [2.05, 4.69) is 64.5 Å². The topological polar surface area (TPSA) is 35.2 Å². The fraction of sp³-hybridized carbons (Fsp3) is 0.0833. The first-order valence-electron chi connectivity index (χ1n) is 8.98. The molecule has 1 aliphatic carbocycles. The van der Waals surface area contributed by atoms with Crippen LogP contribution in [0.5, 0.6) is 11.5 Å². The molecule has 3 aromatic carbocycles. The standard InChI is InChI=1S/C24H18BrNO/c1-2-7-17-16-13-12-15(25)14-20(16)24(23(17)26)18-8-3-5-10-21(18)27-22-11-6-4-9-19(22)24/h2-14H,26H2,1H3/b7-2-. The average molecular weight is 416 g/mol. The van der Waals surface area contributed by atoms with E-state index in [-0.39, 0.29) is 0 Å². The van der Waals surface area contributed by atoms with Crippen LogP contribution >= 0.6 is 15.9 Å². The van der Waals surface area contributed by atoms with Crippen LogP contribution in [0.15, 0.2) is 89.1 Å². The summed E-state index contributed by atoms with van der Waals surface area (Å²) in [5.41, 5.74) is 12.8. The Morgan fingerprint density at radius 3 is 2.15 bits per heavy atom. The zero-order chi connectivity index (χ0) is 18.6. The first-order valence-corrected chi connectivity index (χ1v) is 9.77. The summed E-state index contributed by atoms with van der Waals surface area (Å²) in [7, 11) is 0. The van der Waals surface area contributed by atoms with E-state index >= 15 is 0 Å². The summed E-state index contributed by atoms with van der Waals surface area (Å²) < 4.78 is 7.28. The van der Waals surface area contributed by atoms with Crippen molar-refractivity contribution in [2.24, 2.45) is 5.73 Å². The normalized spacial score (nSPS) is 16.2. The molecular formula is C24H18BrNO. The molecule has 27 heavy (non-hydrogen) atoms. The molecule has 1 aliphatic heterocycles. The summed E-state index contributed by atoms with van der Waals surface area (Å²) >= 11 is 3.67. The van der Waals surface area contributed by atoms with Crippen molar-refractivity contribution in [3.8, 4) is 11.5 Å². The number of hydrogen-bond acceptors (Lipinski definition) is 2. The highest BCUT2D eigenvalue weighted by atomic mass is 79.9. The highest BCUT2D eigenvalue weighted by Gasteiger charge is 2.51. The number of halogens is 1. The highest BCUT2D eigenvalue weighted by molar-refractivity contribution is 9.10. The van der Waals surface area contributed by atoms with Crippen molar-refractivity contribution >= 4 is 21.5 Å². The van der Waals surface area contributed by atoms with Gasteiger partial charge >= 0.3 is 0 Å². The van der Waals surface area contributed by atoms with Gasteiger partial charge in [0.15, 0.2) is 0 Å². The fourth-order valence-electron chi connectivity index (χ4n) is 4.47. The largest absolute Gasteiger partial charge is 0.457 e. The summed E-state index contributed by atoms with van der Waals surface area (Å²) in [5.74, 6) is 1.71. The van der Waals surface area contributed by atoms with Crippen LogP contribution < -0.4 is 10.5 Å². The molecule has 1 spiro atoms. The number of benzene rings is 3. The van der Waals surface area contributed by atoms with Gasteiger partial charge in [0.2, 0.25) is 0 Å². The van der Waals surface area contributed by atoms with Crippen LogP contribution in [0.1, 0.15) is 29.2 Å². The first-order chi connectivity index (χ1) is 13.2. The van der Waals surface area contributed by atoms with Crippen molar-refractivity contribution in [2.75, 3.05) is 0 Å². The monoisotopic (exact) mass is 415 g/mol. The van der Waals surface area contributed by atoms with Crippen molar-refractivity contribution in [1.82, 2.24) is 0 Å². The molecule has 0 unspecified atom stereocenters. The van der Waals surface area contributed by atoms with Gasteiger partial charge in [-0.15, -0.1) is 0 Å². The molecule has 5 rings (SSSR count). The lowest BCUT2D eigenvalue weighted by molar-refractivity contribution is 0.433. The summed E-state index contributed by atoms with van der Waals surface area (Å²) in [6, 6.07) is 22.8. The predicted octanol–water partition coefficient (Wildman–Crippen LogP) is 6.15. The maximum atomic E-state index is 6.96. The van der Waals surface area contributed by atoms with Crippen molar-refractivity contribution in [3.63, 3.8) is 0 Å². The van der Waals surface area contributed by atoms with Crippen LogP contribution in [-0.2, 0) is 5.41 Å². The molecule has 0 atom stereocenters. The molecule has 2 nitrogen and oxygen atoms in total. The molecule has 1 heterocycles. The Morgan fingerprint density at radius 1 is 0.889 bits per heavy atom. The van der Waals surface area contributed by atoms with Gasteiger partial charge in [0, 0.05) is 26.9 Å². The van der Waals surface area contributed by atoms with Gasteiger partial charge in [0.1, 0.15) is 11.5 Å². The maximum Gasteiger partial charge on any atom is 0.132 e. The Kier molecular flexibility index (Phi) is 3.56. The fourth-order valence-corrected chi connectivity index (χ4v) is 4.84. The molecule has 3 aromatic rings. The minimum atomic E-state index is -0.556. The van der Waals surface area contributed by atoms with Crippen LogP contribution in [0.25, 0.3) is 5.57 Å². The third-order valence-corrected chi connectivity index (χ3v) is 6.00. The number of nitrogens with two attached hydrogens (primary N) is 1. The number of fused-ring (bicyclic) bond motifs is 6. The molecule has 3 heteroatoms. The Balaban J connectivity index is 1.99. The van der Waals surface area contributed by atoms with E-state index < -0.39 is 5.41 Å². The molecule has 0 amide bonds. The van der Waals surface area contributed by atoms with E-state index in [1.54, 1.807) is 0 Å². The molecule has 2 N–H and O–H groups in total. The van der Waals surface area contributed by atoms with Gasteiger partial charge in [0.25, 0.3) is 0 Å². The van der Waals surface area contributed by atoms with E-state index in [1.165, 1.54) is 11.1 Å².